The van der Waals surface area contributed by atoms with Gasteiger partial charge in [0.1, 0.15) is 0 Å². The van der Waals surface area contributed by atoms with Gasteiger partial charge in [-0.2, -0.15) is 0 Å². The van der Waals surface area contributed by atoms with E-state index in [1.54, 1.807) is 0 Å². The highest BCUT2D eigenvalue weighted by Crippen LogP contribution is 2.44. The van der Waals surface area contributed by atoms with E-state index >= 15 is 0 Å². The molecule has 0 aliphatic heterocycles. The van der Waals surface area contributed by atoms with E-state index in [4.69, 9.17) is 15.0 Å². The van der Waals surface area contributed by atoms with Gasteiger partial charge in [-0.3, -0.25) is 0 Å². The van der Waals surface area contributed by atoms with Crippen molar-refractivity contribution in [3.05, 3.63) is 248 Å². The first-order valence-electron chi connectivity index (χ1n) is 23.9. The monoisotopic (exact) mass is 895 g/mol. The molecular formula is C65H45N5. The van der Waals surface area contributed by atoms with Crippen molar-refractivity contribution in [3.63, 3.8) is 0 Å². The van der Waals surface area contributed by atoms with Crippen molar-refractivity contribution < 1.29 is 0 Å². The van der Waals surface area contributed by atoms with Gasteiger partial charge in [0.15, 0.2) is 17.5 Å². The van der Waals surface area contributed by atoms with Crippen LogP contribution in [0.4, 0.5) is 0 Å². The Balaban J connectivity index is 1.16. The largest absolute Gasteiger partial charge is 0.309 e. The van der Waals surface area contributed by atoms with E-state index in [0.717, 1.165) is 72.4 Å². The SMILES string of the molecule is Cc1ccccc1-c1ccc2c3ccc(-c4ccccc4C)cc3n(-c3ccc(-c4cccc5c6ccccc6n(-c6ccccc6)c45)cc3-c3nc(-c4ccccc4)nc(-c4ccccc4)n3)c2c1. The van der Waals surface area contributed by atoms with Gasteiger partial charge in [0.25, 0.3) is 0 Å². The molecule has 0 spiro atoms. The Kier molecular flexibility index (Phi) is 9.88. The van der Waals surface area contributed by atoms with E-state index in [9.17, 15) is 0 Å². The first-order chi connectivity index (χ1) is 34.6. The van der Waals surface area contributed by atoms with Gasteiger partial charge in [-0.05, 0) is 95.3 Å². The number of para-hydroxylation sites is 3. The van der Waals surface area contributed by atoms with E-state index < -0.39 is 0 Å². The van der Waals surface area contributed by atoms with Crippen LogP contribution in [0.2, 0.25) is 0 Å². The molecule has 0 saturated carbocycles. The second kappa shape index (κ2) is 16.8. The lowest BCUT2D eigenvalue weighted by Crippen LogP contribution is -2.04. The maximum atomic E-state index is 5.44. The van der Waals surface area contributed by atoms with Gasteiger partial charge in [-0.25, -0.2) is 15.0 Å². The van der Waals surface area contributed by atoms with Crippen molar-refractivity contribution in [1.29, 1.82) is 0 Å². The summed E-state index contributed by atoms with van der Waals surface area (Å²) in [5, 5.41) is 4.73. The minimum atomic E-state index is 0.584. The molecule has 3 aromatic heterocycles. The molecule has 0 N–H and O–H groups in total. The van der Waals surface area contributed by atoms with E-state index in [1.165, 1.54) is 43.8 Å². The van der Waals surface area contributed by atoms with Crippen molar-refractivity contribution in [3.8, 4) is 78.9 Å². The Labute approximate surface area is 406 Å². The summed E-state index contributed by atoms with van der Waals surface area (Å²) in [5.41, 5.74) is 18.6. The van der Waals surface area contributed by atoms with E-state index in [1.807, 2.05) is 36.4 Å². The van der Waals surface area contributed by atoms with Crippen molar-refractivity contribution >= 4 is 43.6 Å². The molecule has 5 nitrogen and oxygen atoms in total. The molecular weight excluding hydrogens is 851 g/mol. The normalized spacial score (nSPS) is 11.6. The Morgan fingerprint density at radius 1 is 0.286 bits per heavy atom. The standard InChI is InChI=1S/C65H45N5/c1-42-19-12-14-27-50(42)47-33-36-54-55-37-34-48(51-28-15-13-20-43(51)2)41-61(55)70(60(54)40-47)59-38-35-46(52-30-18-31-56-53-29-16-17-32-58(53)69(62(52)56)49-25-10-5-11-26-49)39-57(59)65-67-63(44-21-6-3-7-22-44)66-64(68-65)45-23-8-4-9-24-45/h3-41H,1-2H3. The van der Waals surface area contributed by atoms with Gasteiger partial charge >= 0.3 is 0 Å². The fourth-order valence-corrected chi connectivity index (χ4v) is 10.5. The first kappa shape index (κ1) is 41.0. The van der Waals surface area contributed by atoms with Crippen LogP contribution in [0.1, 0.15) is 11.1 Å². The third-order valence-electron chi connectivity index (χ3n) is 13.9. The first-order valence-corrected chi connectivity index (χ1v) is 23.9. The van der Waals surface area contributed by atoms with E-state index in [2.05, 4.69) is 223 Å². The highest BCUT2D eigenvalue weighted by molar-refractivity contribution is 6.15. The molecule has 10 aromatic carbocycles. The summed E-state index contributed by atoms with van der Waals surface area (Å²) in [6.45, 7) is 4.38. The third-order valence-corrected chi connectivity index (χ3v) is 13.9. The van der Waals surface area contributed by atoms with Crippen LogP contribution in [0.3, 0.4) is 0 Å². The Hall–Kier alpha value is -9.19. The zero-order chi connectivity index (χ0) is 46.7. The van der Waals surface area contributed by atoms with Gasteiger partial charge in [-0.15, -0.1) is 0 Å². The molecule has 0 radical (unpaired) electrons. The summed E-state index contributed by atoms with van der Waals surface area (Å²) < 4.78 is 4.85. The van der Waals surface area contributed by atoms with Crippen LogP contribution in [0, 0.1) is 13.8 Å². The lowest BCUT2D eigenvalue weighted by molar-refractivity contribution is 1.06. The molecule has 0 aliphatic rings. The number of rotatable bonds is 8. The molecule has 0 atom stereocenters. The maximum Gasteiger partial charge on any atom is 0.166 e. The third kappa shape index (κ3) is 6.90. The van der Waals surface area contributed by atoms with E-state index in [-0.39, 0.29) is 0 Å². The number of aryl methyl sites for hydroxylation is 2. The van der Waals surface area contributed by atoms with Crippen LogP contribution in [0.15, 0.2) is 237 Å². The molecule has 0 fully saturated rings. The number of benzene rings is 10. The summed E-state index contributed by atoms with van der Waals surface area (Å²) >= 11 is 0. The topological polar surface area (TPSA) is 48.5 Å². The highest BCUT2D eigenvalue weighted by atomic mass is 15.1. The van der Waals surface area contributed by atoms with Crippen LogP contribution in [0.25, 0.3) is 123 Å². The van der Waals surface area contributed by atoms with Crippen molar-refractivity contribution in [2.24, 2.45) is 0 Å². The second-order valence-electron chi connectivity index (χ2n) is 18.1. The summed E-state index contributed by atoms with van der Waals surface area (Å²) in [7, 11) is 0. The predicted octanol–water partition coefficient (Wildman–Crippen LogP) is 16.7. The van der Waals surface area contributed by atoms with Crippen LogP contribution >= 0.6 is 0 Å². The lowest BCUT2D eigenvalue weighted by atomic mass is 9.98. The molecule has 330 valence electrons. The molecule has 3 heterocycles. The van der Waals surface area contributed by atoms with Gasteiger partial charge in [0.05, 0.1) is 27.8 Å². The minimum absolute atomic E-state index is 0.584. The predicted molar refractivity (Wildman–Crippen MR) is 291 cm³/mol. The average Bonchev–Trinajstić information content (AvgIpc) is 3.94. The average molecular weight is 896 g/mol. The summed E-state index contributed by atoms with van der Waals surface area (Å²) in [5.74, 6) is 1.80. The fraction of sp³-hybridized carbons (Fsp3) is 0.0308. The molecule has 0 amide bonds. The summed E-state index contributed by atoms with van der Waals surface area (Å²) in [4.78, 5) is 16.0. The molecule has 0 saturated heterocycles. The Bertz CT molecular complexity index is 3970. The maximum absolute atomic E-state index is 5.44. The zero-order valence-corrected chi connectivity index (χ0v) is 38.8. The van der Waals surface area contributed by atoms with Gasteiger partial charge in [0.2, 0.25) is 0 Å². The van der Waals surface area contributed by atoms with Crippen LogP contribution in [-0.4, -0.2) is 24.1 Å². The van der Waals surface area contributed by atoms with Crippen molar-refractivity contribution in [1.82, 2.24) is 24.1 Å². The molecule has 0 unspecified atom stereocenters. The van der Waals surface area contributed by atoms with Crippen molar-refractivity contribution in [2.45, 2.75) is 13.8 Å². The number of fused-ring (bicyclic) bond motifs is 6. The smallest absolute Gasteiger partial charge is 0.166 e. The fourth-order valence-electron chi connectivity index (χ4n) is 10.5. The molecule has 13 aromatic rings. The highest BCUT2D eigenvalue weighted by Gasteiger charge is 2.23. The molecule has 5 heteroatoms. The van der Waals surface area contributed by atoms with Crippen LogP contribution in [0.5, 0.6) is 0 Å². The van der Waals surface area contributed by atoms with Crippen LogP contribution < -0.4 is 0 Å². The summed E-state index contributed by atoms with van der Waals surface area (Å²) in [6, 6.07) is 84.6. The number of hydrogen-bond donors (Lipinski definition) is 0. The van der Waals surface area contributed by atoms with Gasteiger partial charge in [0, 0.05) is 49.5 Å². The number of aromatic nitrogens is 5. The molecule has 0 aliphatic carbocycles. The quantitative estimate of drug-likeness (QED) is 0.153. The Morgan fingerprint density at radius 2 is 0.743 bits per heavy atom. The minimum Gasteiger partial charge on any atom is -0.309 e. The number of hydrogen-bond acceptors (Lipinski definition) is 3. The van der Waals surface area contributed by atoms with Gasteiger partial charge < -0.3 is 9.13 Å². The number of nitrogens with zero attached hydrogens (tertiary/aromatic N) is 5. The second-order valence-corrected chi connectivity index (χ2v) is 18.1. The Morgan fingerprint density at radius 3 is 1.34 bits per heavy atom. The molecule has 0 bridgehead atoms. The van der Waals surface area contributed by atoms with E-state index in [0.29, 0.717) is 17.5 Å². The molecule has 13 rings (SSSR count). The zero-order valence-electron chi connectivity index (χ0n) is 38.8. The van der Waals surface area contributed by atoms with Crippen LogP contribution in [-0.2, 0) is 0 Å². The summed E-state index contributed by atoms with van der Waals surface area (Å²) in [6.07, 6.45) is 0. The molecule has 70 heavy (non-hydrogen) atoms. The van der Waals surface area contributed by atoms with Crippen molar-refractivity contribution in [2.75, 3.05) is 0 Å². The van der Waals surface area contributed by atoms with Gasteiger partial charge in [-0.1, -0.05) is 194 Å². The lowest BCUT2D eigenvalue weighted by Gasteiger charge is -2.18.